The molecule has 3 rings (SSSR count). The Bertz CT molecular complexity index is 829. The second-order valence-electron chi connectivity index (χ2n) is 9.65. The fourth-order valence-electron chi connectivity index (χ4n) is 5.59. The van der Waals surface area contributed by atoms with Gasteiger partial charge < -0.3 is 18.9 Å². The molecule has 172 valence electrons. The third kappa shape index (κ3) is 3.96. The lowest BCUT2D eigenvalue weighted by Crippen LogP contribution is -2.51. The second kappa shape index (κ2) is 7.95. The average Bonchev–Trinajstić information content (AvgIpc) is 3.08. The van der Waals surface area contributed by atoms with Gasteiger partial charge in [-0.05, 0) is 27.2 Å². The lowest BCUT2D eigenvalue weighted by Gasteiger charge is -2.39. The highest BCUT2D eigenvalue weighted by molar-refractivity contribution is 5.85. The summed E-state index contributed by atoms with van der Waals surface area (Å²) < 4.78 is 23.0. The molecule has 2 aliphatic carbocycles. The maximum Gasteiger partial charge on any atom is 0.351 e. The van der Waals surface area contributed by atoms with Gasteiger partial charge in [0, 0.05) is 32.1 Å². The maximum absolute atomic E-state index is 13.0. The first-order chi connectivity index (χ1) is 14.3. The Morgan fingerprint density at radius 3 is 2.29 bits per heavy atom. The van der Waals surface area contributed by atoms with E-state index in [1.165, 1.54) is 20.8 Å². The lowest BCUT2D eigenvalue weighted by molar-refractivity contribution is -0.184. The van der Waals surface area contributed by atoms with Crippen molar-refractivity contribution < 1.29 is 38.1 Å². The standard InChI is InChI=1S/C23H32O8/c1-11(2)20(26)28-16-10-22(6,30-13(4)24)15-9-8-12(3)17(15)19-18(16)23(7,21(27)29-19)31-14(5)25/h8,11,15-19H,9-10H2,1-7H3. The normalized spacial score (nSPS) is 39.0. The molecule has 3 aliphatic rings. The van der Waals surface area contributed by atoms with E-state index in [0.717, 1.165) is 5.57 Å². The summed E-state index contributed by atoms with van der Waals surface area (Å²) in [5.41, 5.74) is -1.57. The quantitative estimate of drug-likeness (QED) is 0.376. The number of rotatable bonds is 4. The molecular weight excluding hydrogens is 404 g/mol. The molecule has 0 bridgehead atoms. The van der Waals surface area contributed by atoms with Crippen molar-refractivity contribution in [2.24, 2.45) is 23.7 Å². The van der Waals surface area contributed by atoms with Gasteiger partial charge in [-0.25, -0.2) is 4.79 Å². The highest BCUT2D eigenvalue weighted by Crippen LogP contribution is 2.55. The van der Waals surface area contributed by atoms with E-state index in [4.69, 9.17) is 18.9 Å². The third-order valence-electron chi connectivity index (χ3n) is 6.91. The van der Waals surface area contributed by atoms with Crippen molar-refractivity contribution >= 4 is 23.9 Å². The summed E-state index contributed by atoms with van der Waals surface area (Å²) in [7, 11) is 0. The zero-order chi connectivity index (χ0) is 23.3. The van der Waals surface area contributed by atoms with Gasteiger partial charge in [-0.3, -0.25) is 14.4 Å². The highest BCUT2D eigenvalue weighted by Gasteiger charge is 2.68. The summed E-state index contributed by atoms with van der Waals surface area (Å²) >= 11 is 0. The first kappa shape index (κ1) is 23.3. The van der Waals surface area contributed by atoms with E-state index in [1.807, 2.05) is 13.8 Å². The minimum absolute atomic E-state index is 0.167. The summed E-state index contributed by atoms with van der Waals surface area (Å²) in [4.78, 5) is 49.5. The van der Waals surface area contributed by atoms with Crippen molar-refractivity contribution in [3.8, 4) is 0 Å². The number of fused-ring (bicyclic) bond motifs is 3. The molecule has 8 nitrogen and oxygen atoms in total. The van der Waals surface area contributed by atoms with Crippen LogP contribution in [0.4, 0.5) is 0 Å². The van der Waals surface area contributed by atoms with Crippen LogP contribution in [-0.2, 0) is 38.1 Å². The van der Waals surface area contributed by atoms with Crippen molar-refractivity contribution in [3.63, 3.8) is 0 Å². The van der Waals surface area contributed by atoms with Crippen molar-refractivity contribution in [3.05, 3.63) is 11.6 Å². The summed E-state index contributed by atoms with van der Waals surface area (Å²) in [6.45, 7) is 11.3. The Balaban J connectivity index is 2.15. The van der Waals surface area contributed by atoms with E-state index >= 15 is 0 Å². The Hall–Kier alpha value is -2.38. The van der Waals surface area contributed by atoms with Gasteiger partial charge in [-0.15, -0.1) is 0 Å². The van der Waals surface area contributed by atoms with Crippen LogP contribution in [0.25, 0.3) is 0 Å². The van der Waals surface area contributed by atoms with Crippen LogP contribution in [0.5, 0.6) is 0 Å². The molecule has 0 spiro atoms. The number of ether oxygens (including phenoxy) is 4. The average molecular weight is 437 g/mol. The van der Waals surface area contributed by atoms with Crippen LogP contribution in [-0.4, -0.2) is 47.3 Å². The van der Waals surface area contributed by atoms with Crippen molar-refractivity contribution in [2.75, 3.05) is 0 Å². The Labute approximate surface area is 182 Å². The second-order valence-corrected chi connectivity index (χ2v) is 9.65. The summed E-state index contributed by atoms with van der Waals surface area (Å²) in [6, 6.07) is 0. The fourth-order valence-corrected chi connectivity index (χ4v) is 5.59. The van der Waals surface area contributed by atoms with Gasteiger partial charge in [-0.2, -0.15) is 0 Å². The van der Waals surface area contributed by atoms with Crippen molar-refractivity contribution in [2.45, 2.75) is 84.7 Å². The summed E-state index contributed by atoms with van der Waals surface area (Å²) in [5, 5.41) is 0. The molecule has 8 heteroatoms. The molecule has 2 fully saturated rings. The van der Waals surface area contributed by atoms with E-state index < -0.39 is 59.1 Å². The molecule has 1 saturated carbocycles. The third-order valence-corrected chi connectivity index (χ3v) is 6.91. The molecule has 1 heterocycles. The van der Waals surface area contributed by atoms with Gasteiger partial charge in [0.15, 0.2) is 0 Å². The van der Waals surface area contributed by atoms with Crippen LogP contribution in [0, 0.1) is 23.7 Å². The number of allylic oxidation sites excluding steroid dienone is 1. The Morgan fingerprint density at radius 2 is 1.74 bits per heavy atom. The van der Waals surface area contributed by atoms with Gasteiger partial charge >= 0.3 is 23.9 Å². The Morgan fingerprint density at radius 1 is 1.13 bits per heavy atom. The number of hydrogen-bond donors (Lipinski definition) is 0. The number of carbonyl (C=O) groups excluding carboxylic acids is 4. The van der Waals surface area contributed by atoms with Gasteiger partial charge in [0.2, 0.25) is 5.60 Å². The lowest BCUT2D eigenvalue weighted by atomic mass is 9.75. The first-order valence-electron chi connectivity index (χ1n) is 10.8. The molecule has 0 aromatic heterocycles. The minimum Gasteiger partial charge on any atom is -0.461 e. The predicted octanol–water partition coefficient (Wildman–Crippen LogP) is 2.73. The Kier molecular flexibility index (Phi) is 5.97. The van der Waals surface area contributed by atoms with E-state index in [2.05, 4.69) is 6.08 Å². The zero-order valence-corrected chi connectivity index (χ0v) is 19.2. The minimum atomic E-state index is -1.62. The van der Waals surface area contributed by atoms with Gasteiger partial charge in [0.25, 0.3) is 0 Å². The van der Waals surface area contributed by atoms with E-state index in [1.54, 1.807) is 13.8 Å². The molecule has 0 amide bonds. The molecular formula is C23H32O8. The topological polar surface area (TPSA) is 105 Å². The zero-order valence-electron chi connectivity index (χ0n) is 19.2. The summed E-state index contributed by atoms with van der Waals surface area (Å²) in [6.07, 6.45) is 1.34. The van der Waals surface area contributed by atoms with E-state index in [-0.39, 0.29) is 18.3 Å². The maximum atomic E-state index is 13.0. The SMILES string of the molecule is CC(=O)OC1(C)CC(OC(=O)C(C)C)C2C(OC(=O)C2(C)OC(C)=O)C2C(C)=CCC21. The molecule has 0 aromatic rings. The van der Waals surface area contributed by atoms with Crippen LogP contribution in [0.3, 0.4) is 0 Å². The molecule has 0 N–H and O–H groups in total. The predicted molar refractivity (Wildman–Crippen MR) is 108 cm³/mol. The van der Waals surface area contributed by atoms with Crippen LogP contribution in [0.1, 0.15) is 61.3 Å². The van der Waals surface area contributed by atoms with Crippen LogP contribution in [0.2, 0.25) is 0 Å². The number of hydrogen-bond acceptors (Lipinski definition) is 8. The molecule has 1 saturated heterocycles. The summed E-state index contributed by atoms with van der Waals surface area (Å²) in [5.74, 6) is -3.73. The highest BCUT2D eigenvalue weighted by atomic mass is 16.6. The first-order valence-corrected chi connectivity index (χ1v) is 10.8. The van der Waals surface area contributed by atoms with Gasteiger partial charge in [-0.1, -0.05) is 25.5 Å². The van der Waals surface area contributed by atoms with Crippen LogP contribution >= 0.6 is 0 Å². The molecule has 0 aromatic carbocycles. The van der Waals surface area contributed by atoms with Gasteiger partial charge in [0.1, 0.15) is 17.8 Å². The van der Waals surface area contributed by atoms with Crippen molar-refractivity contribution in [1.82, 2.24) is 0 Å². The van der Waals surface area contributed by atoms with Crippen molar-refractivity contribution in [1.29, 1.82) is 0 Å². The van der Waals surface area contributed by atoms with E-state index in [0.29, 0.717) is 6.42 Å². The smallest absolute Gasteiger partial charge is 0.351 e. The molecule has 7 atom stereocenters. The van der Waals surface area contributed by atoms with Gasteiger partial charge in [0.05, 0.1) is 11.8 Å². The largest absolute Gasteiger partial charge is 0.461 e. The molecule has 7 unspecified atom stereocenters. The fraction of sp³-hybridized carbons (Fsp3) is 0.739. The molecule has 0 radical (unpaired) electrons. The molecule has 31 heavy (non-hydrogen) atoms. The number of esters is 4. The monoisotopic (exact) mass is 436 g/mol. The van der Waals surface area contributed by atoms with E-state index in [9.17, 15) is 19.2 Å². The molecule has 1 aliphatic heterocycles. The number of carbonyl (C=O) groups is 4. The van der Waals surface area contributed by atoms with Crippen LogP contribution in [0.15, 0.2) is 11.6 Å². The van der Waals surface area contributed by atoms with Crippen LogP contribution < -0.4 is 0 Å².